The number of hydrogen-bond donors (Lipinski definition) is 2. The van der Waals surface area contributed by atoms with Gasteiger partial charge in [0, 0.05) is 0 Å². The lowest BCUT2D eigenvalue weighted by Crippen LogP contribution is -2.17. The number of rotatable bonds is 2. The van der Waals surface area contributed by atoms with Crippen LogP contribution in [0.4, 0.5) is 5.82 Å². The van der Waals surface area contributed by atoms with Crippen LogP contribution >= 0.6 is 22.6 Å². The smallest absolute Gasteiger partial charge is 0.328 e. The van der Waals surface area contributed by atoms with Crippen LogP contribution in [0.3, 0.4) is 0 Å². The largest absolute Gasteiger partial charge is 0.480 e. The molecule has 1 unspecified atom stereocenters. The molecule has 16 heavy (non-hydrogen) atoms. The summed E-state index contributed by atoms with van der Waals surface area (Å²) in [6.07, 6.45) is 1.29. The first-order valence-corrected chi connectivity index (χ1v) is 5.47. The first-order valence-electron chi connectivity index (χ1n) is 4.39. The molecule has 0 bridgehead atoms. The third-order valence-electron chi connectivity index (χ3n) is 2.20. The number of anilines is 1. The van der Waals surface area contributed by atoms with Gasteiger partial charge in [-0.25, -0.2) is 19.4 Å². The van der Waals surface area contributed by atoms with Crippen LogP contribution in [0.15, 0.2) is 6.33 Å². The van der Waals surface area contributed by atoms with Crippen molar-refractivity contribution in [3.63, 3.8) is 0 Å². The second-order valence-corrected chi connectivity index (χ2v) is 4.23. The second kappa shape index (κ2) is 3.85. The Morgan fingerprint density at radius 3 is 2.94 bits per heavy atom. The Morgan fingerprint density at radius 1 is 1.62 bits per heavy atom. The predicted molar refractivity (Wildman–Crippen MR) is 64.8 cm³/mol. The highest BCUT2D eigenvalue weighted by atomic mass is 127. The van der Waals surface area contributed by atoms with Gasteiger partial charge in [-0.1, -0.05) is 0 Å². The second-order valence-electron chi connectivity index (χ2n) is 3.21. The Hall–Kier alpha value is -1.45. The normalized spacial score (nSPS) is 12.9. The van der Waals surface area contributed by atoms with Crippen LogP contribution in [-0.2, 0) is 4.79 Å². The summed E-state index contributed by atoms with van der Waals surface area (Å²) in [5.41, 5.74) is 6.13. The fourth-order valence-corrected chi connectivity index (χ4v) is 2.08. The first-order chi connectivity index (χ1) is 7.52. The Balaban J connectivity index is 2.73. The van der Waals surface area contributed by atoms with Crippen molar-refractivity contribution < 1.29 is 9.90 Å². The Morgan fingerprint density at radius 2 is 2.31 bits per heavy atom. The first kappa shape index (κ1) is 11.0. The van der Waals surface area contributed by atoms with Gasteiger partial charge < -0.3 is 10.8 Å². The summed E-state index contributed by atoms with van der Waals surface area (Å²) in [5, 5.41) is 13.6. The standard InChI is InChI=1S/C8H8IN5O2/c1-3(8(15)16)14-7-4(5(9)13-14)6(10)11-2-12-7/h2-3H,1H3,(H,15,16)(H2,10,11,12). The van der Waals surface area contributed by atoms with Gasteiger partial charge in [0.25, 0.3) is 0 Å². The lowest BCUT2D eigenvalue weighted by atomic mass is 10.3. The van der Waals surface area contributed by atoms with Gasteiger partial charge in [-0.05, 0) is 29.5 Å². The number of fused-ring (bicyclic) bond motifs is 1. The Bertz CT molecular complexity index is 567. The zero-order valence-electron chi connectivity index (χ0n) is 8.25. The minimum Gasteiger partial charge on any atom is -0.480 e. The number of aliphatic carboxylic acids is 1. The highest BCUT2D eigenvalue weighted by Gasteiger charge is 2.21. The van der Waals surface area contributed by atoms with E-state index in [4.69, 9.17) is 10.8 Å². The quantitative estimate of drug-likeness (QED) is 0.782. The number of carboxylic acid groups (broad SMARTS) is 1. The molecule has 8 heteroatoms. The third-order valence-corrected chi connectivity index (χ3v) is 2.95. The number of hydrogen-bond acceptors (Lipinski definition) is 5. The van der Waals surface area contributed by atoms with Gasteiger partial charge in [0.2, 0.25) is 0 Å². The average Bonchev–Trinajstić information content (AvgIpc) is 2.56. The van der Waals surface area contributed by atoms with Crippen molar-refractivity contribution in [1.82, 2.24) is 19.7 Å². The van der Waals surface area contributed by atoms with Crippen molar-refractivity contribution in [1.29, 1.82) is 0 Å². The highest BCUT2D eigenvalue weighted by molar-refractivity contribution is 14.1. The van der Waals surface area contributed by atoms with Crippen molar-refractivity contribution in [3.05, 3.63) is 10.0 Å². The molecule has 2 aromatic heterocycles. The summed E-state index contributed by atoms with van der Waals surface area (Å²) in [7, 11) is 0. The van der Waals surface area contributed by atoms with E-state index < -0.39 is 12.0 Å². The zero-order chi connectivity index (χ0) is 11.9. The molecule has 0 aliphatic heterocycles. The topological polar surface area (TPSA) is 107 Å². The highest BCUT2D eigenvalue weighted by Crippen LogP contribution is 2.24. The van der Waals surface area contributed by atoms with Crippen LogP contribution in [0.5, 0.6) is 0 Å². The van der Waals surface area contributed by atoms with Crippen molar-refractivity contribution in [2.75, 3.05) is 5.73 Å². The maximum atomic E-state index is 10.9. The van der Waals surface area contributed by atoms with Gasteiger partial charge in [0.15, 0.2) is 5.65 Å². The summed E-state index contributed by atoms with van der Waals surface area (Å²) >= 11 is 1.98. The Kier molecular flexibility index (Phi) is 2.66. The molecule has 0 aromatic carbocycles. The van der Waals surface area contributed by atoms with Gasteiger partial charge in [0.05, 0.1) is 5.39 Å². The average molecular weight is 333 g/mol. The Labute approximate surface area is 104 Å². The molecule has 2 aromatic rings. The molecule has 0 radical (unpaired) electrons. The third kappa shape index (κ3) is 1.58. The molecule has 0 saturated heterocycles. The van der Waals surface area contributed by atoms with Crippen LogP contribution in [0, 0.1) is 3.70 Å². The monoisotopic (exact) mass is 333 g/mol. The van der Waals surface area contributed by atoms with E-state index >= 15 is 0 Å². The number of nitrogen functional groups attached to an aromatic ring is 1. The van der Waals surface area contributed by atoms with Crippen LogP contribution in [-0.4, -0.2) is 30.8 Å². The molecule has 0 aliphatic carbocycles. The molecule has 0 spiro atoms. The summed E-state index contributed by atoms with van der Waals surface area (Å²) in [6.45, 7) is 1.53. The van der Waals surface area contributed by atoms with Crippen molar-refractivity contribution in [2.24, 2.45) is 0 Å². The van der Waals surface area contributed by atoms with E-state index in [1.54, 1.807) is 0 Å². The molecule has 2 heterocycles. The molecule has 0 fully saturated rings. The minimum absolute atomic E-state index is 0.304. The molecule has 7 nitrogen and oxygen atoms in total. The molecule has 84 valence electrons. The summed E-state index contributed by atoms with van der Waals surface area (Å²) in [4.78, 5) is 18.8. The fourth-order valence-electron chi connectivity index (χ4n) is 1.33. The van der Waals surface area contributed by atoms with E-state index in [9.17, 15) is 4.79 Å². The minimum atomic E-state index is -0.974. The predicted octanol–water partition coefficient (Wildman–Crippen LogP) is 0.659. The van der Waals surface area contributed by atoms with E-state index in [2.05, 4.69) is 15.1 Å². The number of nitrogens with zero attached hydrogens (tertiary/aromatic N) is 4. The van der Waals surface area contributed by atoms with Gasteiger partial charge in [0.1, 0.15) is 21.9 Å². The molecular formula is C8H8IN5O2. The van der Waals surface area contributed by atoms with E-state index in [0.717, 1.165) is 0 Å². The van der Waals surface area contributed by atoms with E-state index in [-0.39, 0.29) is 0 Å². The van der Waals surface area contributed by atoms with E-state index in [1.807, 2.05) is 22.6 Å². The lowest BCUT2D eigenvalue weighted by Gasteiger charge is -2.06. The summed E-state index contributed by atoms with van der Waals surface area (Å²) in [6, 6.07) is -0.791. The number of nitrogens with two attached hydrogens (primary N) is 1. The van der Waals surface area contributed by atoms with Gasteiger partial charge in [-0.3, -0.25) is 0 Å². The summed E-state index contributed by atoms with van der Waals surface area (Å²) < 4.78 is 1.93. The zero-order valence-corrected chi connectivity index (χ0v) is 10.4. The number of aromatic nitrogens is 4. The van der Waals surface area contributed by atoms with Gasteiger partial charge in [-0.15, -0.1) is 0 Å². The maximum absolute atomic E-state index is 10.9. The van der Waals surface area contributed by atoms with Crippen molar-refractivity contribution in [2.45, 2.75) is 13.0 Å². The molecule has 0 saturated carbocycles. The molecule has 3 N–H and O–H groups in total. The van der Waals surface area contributed by atoms with Crippen molar-refractivity contribution in [3.8, 4) is 0 Å². The van der Waals surface area contributed by atoms with Crippen LogP contribution in [0.2, 0.25) is 0 Å². The van der Waals surface area contributed by atoms with Crippen LogP contribution in [0.1, 0.15) is 13.0 Å². The summed E-state index contributed by atoms with van der Waals surface area (Å²) in [5.74, 6) is -0.670. The fraction of sp³-hybridized carbons (Fsp3) is 0.250. The molecule has 1 atom stereocenters. The van der Waals surface area contributed by atoms with Crippen LogP contribution in [0.25, 0.3) is 11.0 Å². The number of carbonyl (C=O) groups is 1. The van der Waals surface area contributed by atoms with E-state index in [0.29, 0.717) is 20.6 Å². The van der Waals surface area contributed by atoms with Gasteiger partial charge >= 0.3 is 5.97 Å². The molecule has 2 rings (SSSR count). The number of carboxylic acids is 1. The van der Waals surface area contributed by atoms with E-state index in [1.165, 1.54) is 17.9 Å². The van der Waals surface area contributed by atoms with Crippen molar-refractivity contribution >= 4 is 45.4 Å². The molecule has 0 amide bonds. The lowest BCUT2D eigenvalue weighted by molar-refractivity contribution is -0.140. The SMILES string of the molecule is CC(C(=O)O)n1nc(I)c2c(N)ncnc21. The van der Waals surface area contributed by atoms with Gasteiger partial charge in [-0.2, -0.15) is 5.10 Å². The molecular weight excluding hydrogens is 325 g/mol. The number of halogens is 1. The van der Waals surface area contributed by atoms with Crippen LogP contribution < -0.4 is 5.73 Å². The maximum Gasteiger partial charge on any atom is 0.328 e. The molecule has 0 aliphatic rings.